The Morgan fingerprint density at radius 2 is 1.88 bits per heavy atom. The lowest BCUT2D eigenvalue weighted by Gasteiger charge is -2.09. The quantitative estimate of drug-likeness (QED) is 0.601. The van der Waals surface area contributed by atoms with Crippen molar-refractivity contribution in [1.29, 1.82) is 0 Å². The molecule has 1 unspecified atom stereocenters. The van der Waals surface area contributed by atoms with Crippen LogP contribution in [0.2, 0.25) is 0 Å². The highest BCUT2D eigenvalue weighted by Crippen LogP contribution is 2.41. The number of rotatable bonds is 7. The van der Waals surface area contributed by atoms with Crippen LogP contribution in [0.15, 0.2) is 30.3 Å². The van der Waals surface area contributed by atoms with E-state index in [-0.39, 0.29) is 18.1 Å². The Kier molecular flexibility index (Phi) is 5.60. The lowest BCUT2D eigenvalue weighted by Crippen LogP contribution is -2.03. The van der Waals surface area contributed by atoms with Crippen LogP contribution >= 0.6 is 7.37 Å². The van der Waals surface area contributed by atoms with Gasteiger partial charge in [-0.25, -0.2) is 0 Å². The molecule has 0 aliphatic carbocycles. The minimum atomic E-state index is -3.22. The highest BCUT2D eigenvalue weighted by Gasteiger charge is 2.19. The summed E-state index contributed by atoms with van der Waals surface area (Å²) in [5.41, 5.74) is 1.24. The summed E-state index contributed by atoms with van der Waals surface area (Å²) in [6, 6.07) is 10.0. The van der Waals surface area contributed by atoms with Gasteiger partial charge in [0.2, 0.25) is 7.37 Å². The van der Waals surface area contributed by atoms with Crippen LogP contribution in [0, 0.1) is 0 Å². The van der Waals surface area contributed by atoms with Crippen LogP contribution in [0.5, 0.6) is 0 Å². The Hall–Kier alpha value is -0.920. The molecule has 0 saturated carbocycles. The van der Waals surface area contributed by atoms with Gasteiger partial charge < -0.3 is 4.89 Å². The summed E-state index contributed by atoms with van der Waals surface area (Å²) in [6.45, 7) is 1.35. The molecule has 1 aromatic carbocycles. The topological polar surface area (TPSA) is 54.4 Å². The van der Waals surface area contributed by atoms with Crippen LogP contribution in [0.4, 0.5) is 0 Å². The van der Waals surface area contributed by atoms with Crippen LogP contribution in [0.1, 0.15) is 25.3 Å². The number of unbranched alkanes of at least 4 members (excludes halogenated alkanes) is 1. The standard InChI is InChI=1S/C13H19O3P/c1-12(14)11-17(15,16)10-6-5-9-13-7-3-2-4-8-13/h2-4,7-8H,5-6,9-11H2,1H3,(H,15,16). The molecule has 17 heavy (non-hydrogen) atoms. The van der Waals surface area contributed by atoms with Crippen molar-refractivity contribution in [2.75, 3.05) is 12.3 Å². The van der Waals surface area contributed by atoms with Gasteiger partial charge in [-0.1, -0.05) is 30.3 Å². The SMILES string of the molecule is CC(=O)CP(=O)(O)CCCCc1ccccc1. The lowest BCUT2D eigenvalue weighted by atomic mass is 10.1. The molecule has 0 bridgehead atoms. The van der Waals surface area contributed by atoms with Crippen molar-refractivity contribution in [2.45, 2.75) is 26.2 Å². The molecule has 1 N–H and O–H groups in total. The summed E-state index contributed by atoms with van der Waals surface area (Å²) < 4.78 is 11.6. The largest absolute Gasteiger partial charge is 0.344 e. The second kappa shape index (κ2) is 6.73. The normalized spacial score (nSPS) is 14.2. The Morgan fingerprint density at radius 1 is 1.24 bits per heavy atom. The molecule has 0 saturated heterocycles. The van der Waals surface area contributed by atoms with Gasteiger partial charge in [0.15, 0.2) is 0 Å². The molecule has 4 heteroatoms. The van der Waals surface area contributed by atoms with Gasteiger partial charge in [-0.15, -0.1) is 0 Å². The zero-order valence-electron chi connectivity index (χ0n) is 10.1. The molecule has 0 aliphatic rings. The van der Waals surface area contributed by atoms with Gasteiger partial charge in [0.25, 0.3) is 0 Å². The molecule has 3 nitrogen and oxygen atoms in total. The molecular formula is C13H19O3P. The number of carbonyl (C=O) groups excluding carboxylic acids is 1. The molecule has 0 aliphatic heterocycles. The number of carbonyl (C=O) groups is 1. The van der Waals surface area contributed by atoms with E-state index in [0.717, 1.165) is 12.8 Å². The number of benzene rings is 1. The highest BCUT2D eigenvalue weighted by atomic mass is 31.2. The minimum absolute atomic E-state index is 0.182. The van der Waals surface area contributed by atoms with Crippen LogP contribution in [0.25, 0.3) is 0 Å². The average molecular weight is 254 g/mol. The number of aryl methyl sites for hydroxylation is 1. The fraction of sp³-hybridized carbons (Fsp3) is 0.462. The van der Waals surface area contributed by atoms with E-state index >= 15 is 0 Å². The second-order valence-corrected chi connectivity index (χ2v) is 6.83. The monoisotopic (exact) mass is 254 g/mol. The third-order valence-corrected chi connectivity index (χ3v) is 4.49. The first-order valence-corrected chi connectivity index (χ1v) is 7.87. The molecular weight excluding hydrogens is 235 g/mol. The zero-order valence-corrected chi connectivity index (χ0v) is 11.0. The molecule has 0 aromatic heterocycles. The van der Waals surface area contributed by atoms with Crippen LogP contribution in [-0.2, 0) is 15.8 Å². The van der Waals surface area contributed by atoms with Gasteiger partial charge in [-0.3, -0.25) is 9.36 Å². The summed E-state index contributed by atoms with van der Waals surface area (Å²) in [5.74, 6) is -0.209. The van der Waals surface area contributed by atoms with Crippen molar-refractivity contribution in [3.8, 4) is 0 Å². The Morgan fingerprint density at radius 3 is 2.47 bits per heavy atom. The van der Waals surface area contributed by atoms with E-state index in [0.29, 0.717) is 6.42 Å². The van der Waals surface area contributed by atoms with Gasteiger partial charge in [-0.2, -0.15) is 0 Å². The van der Waals surface area contributed by atoms with Gasteiger partial charge in [0, 0.05) is 6.16 Å². The van der Waals surface area contributed by atoms with Crippen LogP contribution in [0.3, 0.4) is 0 Å². The number of Topliss-reactive ketones (excluding diaryl/α,β-unsaturated/α-hetero) is 1. The van der Waals surface area contributed by atoms with Gasteiger partial charge in [-0.05, 0) is 31.7 Å². The first kappa shape index (κ1) is 14.1. The fourth-order valence-corrected chi connectivity index (χ4v) is 3.33. The van der Waals surface area contributed by atoms with E-state index in [4.69, 9.17) is 0 Å². The summed E-state index contributed by atoms with van der Waals surface area (Å²) in [7, 11) is -3.22. The summed E-state index contributed by atoms with van der Waals surface area (Å²) in [6.07, 6.45) is 2.56. The van der Waals surface area contributed by atoms with E-state index in [1.165, 1.54) is 12.5 Å². The van der Waals surface area contributed by atoms with Crippen molar-refractivity contribution in [3.05, 3.63) is 35.9 Å². The third-order valence-electron chi connectivity index (χ3n) is 2.54. The number of hydrogen-bond acceptors (Lipinski definition) is 2. The van der Waals surface area contributed by atoms with Crippen molar-refractivity contribution in [1.82, 2.24) is 0 Å². The van der Waals surface area contributed by atoms with Crippen molar-refractivity contribution < 1.29 is 14.3 Å². The van der Waals surface area contributed by atoms with Crippen molar-refractivity contribution in [3.63, 3.8) is 0 Å². The molecule has 94 valence electrons. The van der Waals surface area contributed by atoms with E-state index in [2.05, 4.69) is 0 Å². The van der Waals surface area contributed by atoms with Crippen molar-refractivity contribution in [2.24, 2.45) is 0 Å². The van der Waals surface area contributed by atoms with Gasteiger partial charge in [0.1, 0.15) is 5.78 Å². The van der Waals surface area contributed by atoms with E-state index in [9.17, 15) is 14.3 Å². The van der Waals surface area contributed by atoms with E-state index in [1.807, 2.05) is 30.3 Å². The van der Waals surface area contributed by atoms with Crippen LogP contribution in [-0.4, -0.2) is 23.0 Å². The lowest BCUT2D eigenvalue weighted by molar-refractivity contribution is -0.114. The first-order valence-electron chi connectivity index (χ1n) is 5.84. The summed E-state index contributed by atoms with van der Waals surface area (Å²) in [5, 5.41) is 0. The first-order chi connectivity index (χ1) is 7.99. The Balaban J connectivity index is 2.24. The molecule has 1 aromatic rings. The molecule has 0 spiro atoms. The molecule has 0 fully saturated rings. The van der Waals surface area contributed by atoms with E-state index in [1.54, 1.807) is 0 Å². The molecule has 1 atom stereocenters. The van der Waals surface area contributed by atoms with E-state index < -0.39 is 7.37 Å². The van der Waals surface area contributed by atoms with Crippen molar-refractivity contribution >= 4 is 13.2 Å². The zero-order chi connectivity index (χ0) is 12.7. The van der Waals surface area contributed by atoms with Crippen LogP contribution < -0.4 is 0 Å². The summed E-state index contributed by atoms with van der Waals surface area (Å²) in [4.78, 5) is 20.3. The fourth-order valence-electron chi connectivity index (χ4n) is 1.76. The maximum atomic E-state index is 11.6. The molecule has 0 amide bonds. The smallest absolute Gasteiger partial charge is 0.207 e. The van der Waals surface area contributed by atoms with Gasteiger partial charge >= 0.3 is 0 Å². The molecule has 0 radical (unpaired) electrons. The molecule has 1 rings (SSSR count). The Labute approximate surface area is 102 Å². The maximum absolute atomic E-state index is 11.6. The number of ketones is 1. The number of hydrogen-bond donors (Lipinski definition) is 1. The predicted molar refractivity (Wildman–Crippen MR) is 69.6 cm³/mol. The minimum Gasteiger partial charge on any atom is -0.344 e. The molecule has 0 heterocycles. The van der Waals surface area contributed by atoms with Gasteiger partial charge in [0.05, 0.1) is 6.16 Å². The maximum Gasteiger partial charge on any atom is 0.207 e. The summed E-state index contributed by atoms with van der Waals surface area (Å²) >= 11 is 0. The second-order valence-electron chi connectivity index (χ2n) is 4.37. The highest BCUT2D eigenvalue weighted by molar-refractivity contribution is 7.58. The predicted octanol–water partition coefficient (Wildman–Crippen LogP) is 2.87. The average Bonchev–Trinajstić information content (AvgIpc) is 2.24. The Bertz CT molecular complexity index is 400. The third kappa shape index (κ3) is 6.40.